The highest BCUT2D eigenvalue weighted by Crippen LogP contribution is 2.21. The maximum absolute atomic E-state index is 13.3. The van der Waals surface area contributed by atoms with Crippen molar-refractivity contribution in [2.45, 2.75) is 18.4 Å². The summed E-state index contributed by atoms with van der Waals surface area (Å²) in [5.41, 5.74) is 1.54. The molecule has 0 aromatic heterocycles. The fourth-order valence-corrected chi connectivity index (χ4v) is 5.87. The van der Waals surface area contributed by atoms with Gasteiger partial charge in [0, 0.05) is 64.5 Å². The van der Waals surface area contributed by atoms with Crippen LogP contribution in [-0.4, -0.2) is 98.4 Å². The summed E-state index contributed by atoms with van der Waals surface area (Å²) >= 11 is 0. The average Bonchev–Trinajstić information content (AvgIpc) is 2.89. The van der Waals surface area contributed by atoms with Crippen molar-refractivity contribution in [1.82, 2.24) is 19.0 Å². The lowest BCUT2D eigenvalue weighted by atomic mass is 10.2. The molecule has 10 heteroatoms. The van der Waals surface area contributed by atoms with Crippen LogP contribution in [0.5, 0.6) is 0 Å². The number of carbonyl (C=O) groups is 2. The highest BCUT2D eigenvalue weighted by atomic mass is 32.2. The van der Waals surface area contributed by atoms with E-state index in [1.807, 2.05) is 18.2 Å². The quantitative estimate of drug-likeness (QED) is 0.604. The number of sulfonamides is 1. The van der Waals surface area contributed by atoms with Crippen LogP contribution in [0.4, 0.5) is 4.79 Å². The molecule has 0 bridgehead atoms. The topological polar surface area (TPSA) is 90.5 Å². The molecule has 0 saturated carbocycles. The Morgan fingerprint density at radius 1 is 0.829 bits per heavy atom. The zero-order valence-corrected chi connectivity index (χ0v) is 20.8. The minimum Gasteiger partial charge on any atom is -0.450 e. The van der Waals surface area contributed by atoms with Gasteiger partial charge in [-0.3, -0.25) is 9.69 Å². The van der Waals surface area contributed by atoms with E-state index in [1.54, 1.807) is 34.9 Å². The van der Waals surface area contributed by atoms with E-state index < -0.39 is 10.0 Å². The Labute approximate surface area is 206 Å². The highest BCUT2D eigenvalue weighted by Gasteiger charge is 2.30. The predicted octanol–water partition coefficient (Wildman–Crippen LogP) is 2.11. The van der Waals surface area contributed by atoms with E-state index in [1.165, 1.54) is 15.9 Å². The molecular formula is C25H32N4O5S. The normalized spacial score (nSPS) is 17.9. The second-order valence-corrected chi connectivity index (χ2v) is 10.6. The van der Waals surface area contributed by atoms with E-state index in [4.69, 9.17) is 4.74 Å². The van der Waals surface area contributed by atoms with Gasteiger partial charge in [-0.25, -0.2) is 13.2 Å². The van der Waals surface area contributed by atoms with E-state index in [0.717, 1.165) is 6.54 Å². The lowest BCUT2D eigenvalue weighted by Crippen LogP contribution is -2.50. The molecule has 9 nitrogen and oxygen atoms in total. The summed E-state index contributed by atoms with van der Waals surface area (Å²) in [4.78, 5) is 30.5. The number of amides is 2. The van der Waals surface area contributed by atoms with Crippen molar-refractivity contribution in [3.05, 3.63) is 65.7 Å². The smallest absolute Gasteiger partial charge is 0.409 e. The third-order valence-corrected chi connectivity index (χ3v) is 8.29. The molecule has 4 rings (SSSR count). The first-order valence-electron chi connectivity index (χ1n) is 12.0. The van der Waals surface area contributed by atoms with E-state index in [-0.39, 0.29) is 16.9 Å². The van der Waals surface area contributed by atoms with Gasteiger partial charge in [0.2, 0.25) is 10.0 Å². The molecule has 2 aliphatic rings. The fraction of sp³-hybridized carbons (Fsp3) is 0.440. The van der Waals surface area contributed by atoms with Crippen molar-refractivity contribution < 1.29 is 22.7 Å². The molecule has 2 aliphatic heterocycles. The van der Waals surface area contributed by atoms with Crippen LogP contribution in [0.2, 0.25) is 0 Å². The largest absolute Gasteiger partial charge is 0.450 e. The van der Waals surface area contributed by atoms with Gasteiger partial charge < -0.3 is 14.5 Å². The Bertz CT molecular complexity index is 1130. The molecule has 2 fully saturated rings. The Kier molecular flexibility index (Phi) is 8.04. The molecule has 2 aromatic carbocycles. The van der Waals surface area contributed by atoms with Crippen LogP contribution < -0.4 is 0 Å². The molecule has 2 aromatic rings. The number of nitrogens with zero attached hydrogens (tertiary/aromatic N) is 4. The summed E-state index contributed by atoms with van der Waals surface area (Å²) in [5.74, 6) is -0.238. The maximum Gasteiger partial charge on any atom is 0.409 e. The van der Waals surface area contributed by atoms with Gasteiger partial charge in [-0.05, 0) is 30.7 Å². The second-order valence-electron chi connectivity index (χ2n) is 8.67. The first kappa shape index (κ1) is 25.2. The number of carbonyl (C=O) groups excluding carboxylic acids is 2. The van der Waals surface area contributed by atoms with E-state index in [0.29, 0.717) is 64.5 Å². The van der Waals surface area contributed by atoms with Crippen molar-refractivity contribution in [2.24, 2.45) is 0 Å². The summed E-state index contributed by atoms with van der Waals surface area (Å²) < 4.78 is 33.1. The molecule has 0 radical (unpaired) electrons. The number of hydrogen-bond donors (Lipinski definition) is 0. The molecule has 35 heavy (non-hydrogen) atoms. The summed E-state index contributed by atoms with van der Waals surface area (Å²) in [6, 6.07) is 16.4. The number of benzene rings is 2. The molecule has 2 heterocycles. The van der Waals surface area contributed by atoms with E-state index >= 15 is 0 Å². The van der Waals surface area contributed by atoms with Gasteiger partial charge in [0.15, 0.2) is 0 Å². The van der Waals surface area contributed by atoms with Gasteiger partial charge in [-0.1, -0.05) is 36.4 Å². The Morgan fingerprint density at radius 2 is 1.49 bits per heavy atom. The summed E-state index contributed by atoms with van der Waals surface area (Å²) in [6.45, 7) is 6.48. The number of piperazine rings is 2. The first-order valence-corrected chi connectivity index (χ1v) is 13.4. The van der Waals surface area contributed by atoms with Crippen molar-refractivity contribution in [3.63, 3.8) is 0 Å². The fourth-order valence-electron chi connectivity index (χ4n) is 4.40. The van der Waals surface area contributed by atoms with Gasteiger partial charge in [0.1, 0.15) is 0 Å². The molecule has 2 saturated heterocycles. The third-order valence-electron chi connectivity index (χ3n) is 6.39. The zero-order chi connectivity index (χ0) is 24.8. The van der Waals surface area contributed by atoms with E-state index in [9.17, 15) is 18.0 Å². The average molecular weight is 501 g/mol. The van der Waals surface area contributed by atoms with Crippen LogP contribution in [0.15, 0.2) is 59.5 Å². The molecule has 188 valence electrons. The predicted molar refractivity (Wildman–Crippen MR) is 131 cm³/mol. The lowest BCUT2D eigenvalue weighted by Gasteiger charge is -2.34. The molecular weight excluding hydrogens is 468 g/mol. The maximum atomic E-state index is 13.3. The molecule has 0 N–H and O–H groups in total. The lowest BCUT2D eigenvalue weighted by molar-refractivity contribution is 0.0570. The molecule has 0 atom stereocenters. The van der Waals surface area contributed by atoms with Crippen LogP contribution in [0.25, 0.3) is 0 Å². The summed E-state index contributed by atoms with van der Waals surface area (Å²) in [7, 11) is -3.70. The van der Waals surface area contributed by atoms with Crippen LogP contribution in [-0.2, 0) is 21.3 Å². The van der Waals surface area contributed by atoms with Crippen LogP contribution >= 0.6 is 0 Å². The van der Waals surface area contributed by atoms with Crippen molar-refractivity contribution in [2.75, 3.05) is 59.0 Å². The number of rotatable bonds is 6. The highest BCUT2D eigenvalue weighted by molar-refractivity contribution is 7.89. The third kappa shape index (κ3) is 6.01. The van der Waals surface area contributed by atoms with Gasteiger partial charge in [-0.2, -0.15) is 4.31 Å². The second kappa shape index (κ2) is 11.2. The van der Waals surface area contributed by atoms with Gasteiger partial charge in [0.05, 0.1) is 11.5 Å². The Balaban J connectivity index is 1.36. The van der Waals surface area contributed by atoms with Crippen LogP contribution in [0.1, 0.15) is 22.8 Å². The van der Waals surface area contributed by atoms with Crippen LogP contribution in [0, 0.1) is 0 Å². The van der Waals surface area contributed by atoms with Crippen molar-refractivity contribution in [1.29, 1.82) is 0 Å². The number of ether oxygens (including phenoxy) is 1. The van der Waals surface area contributed by atoms with E-state index in [2.05, 4.69) is 17.0 Å². The molecule has 0 aliphatic carbocycles. The summed E-state index contributed by atoms with van der Waals surface area (Å²) in [5, 5.41) is 0. The Morgan fingerprint density at radius 3 is 2.14 bits per heavy atom. The minimum absolute atomic E-state index is 0.130. The monoisotopic (exact) mass is 500 g/mol. The minimum atomic E-state index is -3.70. The van der Waals surface area contributed by atoms with Crippen molar-refractivity contribution >= 4 is 22.0 Å². The zero-order valence-electron chi connectivity index (χ0n) is 20.0. The van der Waals surface area contributed by atoms with Gasteiger partial charge >= 0.3 is 6.09 Å². The van der Waals surface area contributed by atoms with Gasteiger partial charge in [0.25, 0.3) is 5.91 Å². The molecule has 0 unspecified atom stereocenters. The first-order chi connectivity index (χ1) is 16.9. The van der Waals surface area contributed by atoms with Crippen LogP contribution in [0.3, 0.4) is 0 Å². The van der Waals surface area contributed by atoms with Gasteiger partial charge in [-0.15, -0.1) is 0 Å². The molecule has 0 spiro atoms. The standard InChI is InChI=1S/C25H32N4O5S/c1-2-34-25(31)28-15-13-27(14-16-28)24(30)22-9-6-10-23(19-22)35(32,33)29-17-11-26(12-18-29)20-21-7-4-3-5-8-21/h3-10,19H,2,11-18,20H2,1H3. The van der Waals surface area contributed by atoms with Crippen molar-refractivity contribution in [3.8, 4) is 0 Å². The summed E-state index contributed by atoms with van der Waals surface area (Å²) in [6.07, 6.45) is -0.378. The Hall–Kier alpha value is -2.95. The molecule has 2 amide bonds. The SMILES string of the molecule is CCOC(=O)N1CCN(C(=O)c2cccc(S(=O)(=O)N3CCN(Cc4ccccc4)CC3)c2)CC1. The number of hydrogen-bond acceptors (Lipinski definition) is 6.